The van der Waals surface area contributed by atoms with E-state index < -0.39 is 11.4 Å². The highest BCUT2D eigenvalue weighted by Gasteiger charge is 2.43. The first-order valence-corrected chi connectivity index (χ1v) is 10.1. The largest absolute Gasteiger partial charge is 0.496 e. The fourth-order valence-corrected chi connectivity index (χ4v) is 3.48. The maximum atomic E-state index is 11.8. The SMILES string of the molecule is C=C(Nc1ccc(Oc2ccnc3cc(OC)c(C(N)=O)cc23)cc1Cl)NC1(C#N)CC1. The van der Waals surface area contributed by atoms with Crippen LogP contribution >= 0.6 is 11.6 Å². The van der Waals surface area contributed by atoms with Crippen LogP contribution in [0.4, 0.5) is 5.69 Å². The molecule has 1 aliphatic rings. The van der Waals surface area contributed by atoms with Gasteiger partial charge in [0, 0.05) is 23.7 Å². The molecule has 0 atom stereocenters. The molecule has 4 N–H and O–H groups in total. The summed E-state index contributed by atoms with van der Waals surface area (Å²) in [7, 11) is 1.46. The highest BCUT2D eigenvalue weighted by molar-refractivity contribution is 6.33. The fourth-order valence-electron chi connectivity index (χ4n) is 3.26. The van der Waals surface area contributed by atoms with E-state index in [1.165, 1.54) is 7.11 Å². The molecule has 9 heteroatoms. The van der Waals surface area contributed by atoms with Gasteiger partial charge in [0.15, 0.2) is 0 Å². The third-order valence-electron chi connectivity index (χ3n) is 5.10. The first-order chi connectivity index (χ1) is 15.3. The Bertz CT molecular complexity index is 1280. The molecule has 8 nitrogen and oxygen atoms in total. The van der Waals surface area contributed by atoms with Gasteiger partial charge in [0.05, 0.1) is 40.8 Å². The summed E-state index contributed by atoms with van der Waals surface area (Å²) in [5.74, 6) is 1.18. The lowest BCUT2D eigenvalue weighted by molar-refractivity contribution is 0.0997. The van der Waals surface area contributed by atoms with Crippen LogP contribution in [-0.4, -0.2) is 23.5 Å². The molecule has 0 unspecified atom stereocenters. The number of benzene rings is 2. The summed E-state index contributed by atoms with van der Waals surface area (Å²) >= 11 is 6.42. The second-order valence-electron chi connectivity index (χ2n) is 7.41. The molecule has 162 valence electrons. The summed E-state index contributed by atoms with van der Waals surface area (Å²) in [4.78, 5) is 16.1. The zero-order valence-corrected chi connectivity index (χ0v) is 18.0. The number of methoxy groups -OCH3 is 1. The number of amides is 1. The Hall–Kier alpha value is -3.96. The minimum atomic E-state index is -0.616. The van der Waals surface area contributed by atoms with E-state index in [1.54, 1.807) is 42.6 Å². The van der Waals surface area contributed by atoms with E-state index >= 15 is 0 Å². The number of nitrogens with one attached hydrogen (secondary N) is 2. The van der Waals surface area contributed by atoms with Crippen molar-refractivity contribution in [2.24, 2.45) is 5.73 Å². The lowest BCUT2D eigenvalue weighted by atomic mass is 10.1. The van der Waals surface area contributed by atoms with Gasteiger partial charge in [-0.25, -0.2) is 0 Å². The summed E-state index contributed by atoms with van der Waals surface area (Å²) in [6.07, 6.45) is 3.17. The molecule has 1 amide bonds. The van der Waals surface area contributed by atoms with Crippen LogP contribution in [0.15, 0.2) is 55.0 Å². The van der Waals surface area contributed by atoms with Crippen LogP contribution in [0.2, 0.25) is 5.02 Å². The number of hydrogen-bond acceptors (Lipinski definition) is 7. The van der Waals surface area contributed by atoms with E-state index in [1.807, 2.05) is 0 Å². The summed E-state index contributed by atoms with van der Waals surface area (Å²) < 4.78 is 11.3. The number of carbonyl (C=O) groups excluding carboxylic acids is 1. The Morgan fingerprint density at radius 3 is 2.69 bits per heavy atom. The molecule has 0 radical (unpaired) electrons. The van der Waals surface area contributed by atoms with Crippen LogP contribution in [0.3, 0.4) is 0 Å². The number of halogens is 1. The van der Waals surface area contributed by atoms with E-state index in [0.717, 1.165) is 12.8 Å². The molecule has 0 spiro atoms. The molecule has 1 aromatic heterocycles. The Morgan fingerprint density at radius 1 is 1.28 bits per heavy atom. The van der Waals surface area contributed by atoms with Crippen molar-refractivity contribution in [1.29, 1.82) is 5.26 Å². The first-order valence-electron chi connectivity index (χ1n) is 9.73. The number of nitrogens with two attached hydrogens (primary N) is 1. The third kappa shape index (κ3) is 4.24. The first kappa shape index (κ1) is 21.3. The second kappa shape index (κ2) is 8.29. The average molecular weight is 450 g/mol. The van der Waals surface area contributed by atoms with Crippen molar-refractivity contribution in [3.05, 3.63) is 65.6 Å². The zero-order valence-electron chi connectivity index (χ0n) is 17.2. The van der Waals surface area contributed by atoms with E-state index in [2.05, 4.69) is 28.3 Å². The standard InChI is InChI=1S/C23H20ClN5O3/c1-13(29-23(12-25)6-7-23)28-18-4-3-14(9-17(18)24)32-20-5-8-27-19-11-21(31-2)16(22(26)30)10-15(19)20/h3-5,8-11,28-29H,1,6-7H2,2H3,(H2,26,30). The molecule has 0 bridgehead atoms. The smallest absolute Gasteiger partial charge is 0.252 e. The molecule has 0 saturated heterocycles. The van der Waals surface area contributed by atoms with Gasteiger partial charge in [-0.1, -0.05) is 18.2 Å². The predicted octanol–water partition coefficient (Wildman–Crippen LogP) is 4.32. The van der Waals surface area contributed by atoms with Crippen LogP contribution in [0.25, 0.3) is 10.9 Å². The number of fused-ring (bicyclic) bond motifs is 1. The third-order valence-corrected chi connectivity index (χ3v) is 5.41. The van der Waals surface area contributed by atoms with Gasteiger partial charge in [-0.05, 0) is 37.1 Å². The van der Waals surface area contributed by atoms with Crippen molar-refractivity contribution < 1.29 is 14.3 Å². The summed E-state index contributed by atoms with van der Waals surface area (Å²) in [6, 6.07) is 12.3. The number of primary amides is 1. The number of aromatic nitrogens is 1. The fraction of sp³-hybridized carbons (Fsp3) is 0.174. The molecular formula is C23H20ClN5O3. The van der Waals surface area contributed by atoms with Gasteiger partial charge in [-0.2, -0.15) is 5.26 Å². The molecular weight excluding hydrogens is 430 g/mol. The molecule has 1 heterocycles. The van der Waals surface area contributed by atoms with Gasteiger partial charge in [-0.3, -0.25) is 9.78 Å². The number of hydrogen-bond donors (Lipinski definition) is 3. The van der Waals surface area contributed by atoms with Crippen LogP contribution < -0.4 is 25.8 Å². The van der Waals surface area contributed by atoms with Crippen molar-refractivity contribution in [2.45, 2.75) is 18.4 Å². The van der Waals surface area contributed by atoms with E-state index in [-0.39, 0.29) is 5.56 Å². The van der Waals surface area contributed by atoms with Gasteiger partial charge in [0.1, 0.15) is 22.8 Å². The number of pyridine rings is 1. The molecule has 32 heavy (non-hydrogen) atoms. The summed E-state index contributed by atoms with van der Waals surface area (Å²) in [5.41, 5.74) is 6.37. The number of nitrogens with zero attached hydrogens (tertiary/aromatic N) is 2. The molecule has 3 aromatic rings. The van der Waals surface area contributed by atoms with Gasteiger partial charge >= 0.3 is 0 Å². The summed E-state index contributed by atoms with van der Waals surface area (Å²) in [5, 5.41) is 16.4. The number of anilines is 1. The molecule has 2 aromatic carbocycles. The lowest BCUT2D eigenvalue weighted by Gasteiger charge is -2.17. The maximum absolute atomic E-state index is 11.8. The van der Waals surface area contributed by atoms with Crippen molar-refractivity contribution in [1.82, 2.24) is 10.3 Å². The summed E-state index contributed by atoms with van der Waals surface area (Å²) in [6.45, 7) is 3.91. The Kier molecular flexibility index (Phi) is 5.51. The quantitative estimate of drug-likeness (QED) is 0.468. The number of nitriles is 1. The minimum absolute atomic E-state index is 0.229. The van der Waals surface area contributed by atoms with Gasteiger partial charge in [0.25, 0.3) is 5.91 Å². The normalized spacial score (nSPS) is 13.7. The predicted molar refractivity (Wildman–Crippen MR) is 122 cm³/mol. The van der Waals surface area contributed by atoms with E-state index in [4.69, 9.17) is 26.8 Å². The number of ether oxygens (including phenoxy) is 2. The molecule has 1 fully saturated rings. The van der Waals surface area contributed by atoms with E-state index in [9.17, 15) is 10.1 Å². The number of rotatable bonds is 8. The van der Waals surface area contributed by atoms with Gasteiger partial charge in [-0.15, -0.1) is 0 Å². The van der Waals surface area contributed by atoms with Crippen LogP contribution in [-0.2, 0) is 0 Å². The van der Waals surface area contributed by atoms with Crippen LogP contribution in [0.1, 0.15) is 23.2 Å². The second-order valence-corrected chi connectivity index (χ2v) is 7.82. The van der Waals surface area contributed by atoms with Crippen molar-refractivity contribution in [3.63, 3.8) is 0 Å². The van der Waals surface area contributed by atoms with Gasteiger partial charge < -0.3 is 25.8 Å². The Balaban J connectivity index is 1.57. The highest BCUT2D eigenvalue weighted by Crippen LogP contribution is 2.37. The van der Waals surface area contributed by atoms with E-state index in [0.29, 0.717) is 44.7 Å². The van der Waals surface area contributed by atoms with Crippen LogP contribution in [0, 0.1) is 11.3 Å². The Morgan fingerprint density at radius 2 is 2.06 bits per heavy atom. The minimum Gasteiger partial charge on any atom is -0.496 e. The topological polar surface area (TPSA) is 122 Å². The molecule has 1 aliphatic carbocycles. The van der Waals surface area contributed by atoms with Crippen molar-refractivity contribution in [3.8, 4) is 23.3 Å². The van der Waals surface area contributed by atoms with Gasteiger partial charge in [0.2, 0.25) is 0 Å². The molecule has 1 saturated carbocycles. The van der Waals surface area contributed by atoms with Crippen molar-refractivity contribution >= 4 is 34.1 Å². The molecule has 0 aliphatic heterocycles. The van der Waals surface area contributed by atoms with Crippen LogP contribution in [0.5, 0.6) is 17.2 Å². The lowest BCUT2D eigenvalue weighted by Crippen LogP contribution is -2.31. The van der Waals surface area contributed by atoms with Crippen molar-refractivity contribution in [2.75, 3.05) is 12.4 Å². The molecule has 4 rings (SSSR count). The highest BCUT2D eigenvalue weighted by atomic mass is 35.5. The monoisotopic (exact) mass is 449 g/mol. The average Bonchev–Trinajstić information content (AvgIpc) is 3.54. The number of carbonyl (C=O) groups is 1. The zero-order chi connectivity index (χ0) is 22.9. The maximum Gasteiger partial charge on any atom is 0.252 e. The Labute approximate surface area is 189 Å².